The molecule has 1 saturated heterocycles. The maximum Gasteiger partial charge on any atom is 0.302 e. The van der Waals surface area contributed by atoms with Crippen LogP contribution in [0.25, 0.3) is 0 Å². The van der Waals surface area contributed by atoms with Gasteiger partial charge in [-0.05, 0) is 37.1 Å². The number of Topliss-reactive ketones (excluding diaryl/α,β-unsaturated/α-hetero) is 1. The van der Waals surface area contributed by atoms with Crippen LogP contribution in [0, 0.1) is 0 Å². The van der Waals surface area contributed by atoms with Crippen molar-refractivity contribution in [2.75, 3.05) is 13.7 Å². The van der Waals surface area contributed by atoms with E-state index in [1.807, 2.05) is 0 Å². The van der Waals surface area contributed by atoms with Gasteiger partial charge in [0.1, 0.15) is 18.0 Å². The normalized spacial score (nSPS) is 21.6. The lowest BCUT2D eigenvalue weighted by molar-refractivity contribution is -0.160. The number of hydrogen-bond acceptors (Lipinski definition) is 5. The molecule has 0 radical (unpaired) electrons. The van der Waals surface area contributed by atoms with Gasteiger partial charge in [0.15, 0.2) is 5.78 Å². The van der Waals surface area contributed by atoms with Crippen molar-refractivity contribution in [2.24, 2.45) is 0 Å². The number of ether oxygens (including phenoxy) is 3. The van der Waals surface area contributed by atoms with Gasteiger partial charge in [-0.3, -0.25) is 9.59 Å². The first-order valence-electron chi connectivity index (χ1n) is 7.06. The van der Waals surface area contributed by atoms with E-state index in [0.717, 1.165) is 12.8 Å². The van der Waals surface area contributed by atoms with E-state index in [1.54, 1.807) is 31.4 Å². The minimum atomic E-state index is -0.364. The van der Waals surface area contributed by atoms with Crippen LogP contribution in [0.15, 0.2) is 24.3 Å². The Morgan fingerprint density at radius 1 is 1.29 bits per heavy atom. The molecule has 1 aliphatic rings. The van der Waals surface area contributed by atoms with Crippen molar-refractivity contribution >= 4 is 11.8 Å². The molecule has 2 rings (SSSR count). The second kappa shape index (κ2) is 7.22. The number of methoxy groups -OCH3 is 1. The number of benzene rings is 1. The zero-order chi connectivity index (χ0) is 15.2. The summed E-state index contributed by atoms with van der Waals surface area (Å²) in [5, 5.41) is 0. The zero-order valence-corrected chi connectivity index (χ0v) is 12.3. The number of hydrogen-bond donors (Lipinski definition) is 0. The summed E-state index contributed by atoms with van der Waals surface area (Å²) >= 11 is 0. The minimum Gasteiger partial charge on any atom is -0.497 e. The molecular formula is C16H20O5. The van der Waals surface area contributed by atoms with Crippen LogP contribution >= 0.6 is 0 Å². The maximum atomic E-state index is 12.3. The summed E-state index contributed by atoms with van der Waals surface area (Å²) in [6.45, 7) is 1.97. The quantitative estimate of drug-likeness (QED) is 0.616. The van der Waals surface area contributed by atoms with E-state index < -0.39 is 0 Å². The van der Waals surface area contributed by atoms with Crippen LogP contribution in [0.5, 0.6) is 5.75 Å². The molecule has 0 saturated carbocycles. The van der Waals surface area contributed by atoms with E-state index in [-0.39, 0.29) is 30.4 Å². The van der Waals surface area contributed by atoms with E-state index in [4.69, 9.17) is 14.2 Å². The maximum absolute atomic E-state index is 12.3. The predicted octanol–water partition coefficient (Wildman–Crippen LogP) is 2.38. The molecule has 1 aromatic carbocycles. The van der Waals surface area contributed by atoms with Crippen molar-refractivity contribution in [1.82, 2.24) is 0 Å². The Hall–Kier alpha value is -1.88. The highest BCUT2D eigenvalue weighted by Crippen LogP contribution is 2.22. The van der Waals surface area contributed by atoms with Crippen molar-refractivity contribution in [3.05, 3.63) is 29.8 Å². The molecule has 21 heavy (non-hydrogen) atoms. The van der Waals surface area contributed by atoms with E-state index >= 15 is 0 Å². The molecule has 2 atom stereocenters. The Morgan fingerprint density at radius 3 is 2.62 bits per heavy atom. The summed E-state index contributed by atoms with van der Waals surface area (Å²) in [7, 11) is 1.58. The Bertz CT molecular complexity index is 494. The molecule has 0 N–H and O–H groups in total. The van der Waals surface area contributed by atoms with Crippen LogP contribution in [0.2, 0.25) is 0 Å². The molecule has 0 unspecified atom stereocenters. The summed E-state index contributed by atoms with van der Waals surface area (Å²) in [6, 6.07) is 6.95. The third-order valence-corrected chi connectivity index (χ3v) is 3.50. The highest BCUT2D eigenvalue weighted by Gasteiger charge is 2.30. The van der Waals surface area contributed by atoms with Crippen LogP contribution in [-0.4, -0.2) is 37.7 Å². The van der Waals surface area contributed by atoms with Gasteiger partial charge in [0.25, 0.3) is 0 Å². The first-order chi connectivity index (χ1) is 10.1. The lowest BCUT2D eigenvalue weighted by Gasteiger charge is -2.30. The van der Waals surface area contributed by atoms with Crippen LogP contribution < -0.4 is 4.74 Å². The lowest BCUT2D eigenvalue weighted by atomic mass is 9.97. The zero-order valence-electron chi connectivity index (χ0n) is 12.3. The van der Waals surface area contributed by atoms with Gasteiger partial charge in [-0.25, -0.2) is 0 Å². The average Bonchev–Trinajstić information content (AvgIpc) is 2.49. The summed E-state index contributed by atoms with van der Waals surface area (Å²) in [5.41, 5.74) is 0.603. The second-order valence-electron chi connectivity index (χ2n) is 5.06. The lowest BCUT2D eigenvalue weighted by Crippen LogP contribution is -2.38. The third-order valence-electron chi connectivity index (χ3n) is 3.50. The predicted molar refractivity (Wildman–Crippen MR) is 76.5 cm³/mol. The van der Waals surface area contributed by atoms with E-state index in [2.05, 4.69) is 0 Å². The van der Waals surface area contributed by atoms with Crippen molar-refractivity contribution < 1.29 is 23.8 Å². The highest BCUT2D eigenvalue weighted by molar-refractivity contribution is 5.96. The van der Waals surface area contributed by atoms with Crippen LogP contribution in [0.4, 0.5) is 0 Å². The van der Waals surface area contributed by atoms with Crippen LogP contribution in [0.3, 0.4) is 0 Å². The molecule has 0 aromatic heterocycles. The molecule has 114 valence electrons. The fourth-order valence-corrected chi connectivity index (χ4v) is 2.43. The summed E-state index contributed by atoms with van der Waals surface area (Å²) in [6.07, 6.45) is 1.09. The van der Waals surface area contributed by atoms with Gasteiger partial charge in [-0.15, -0.1) is 0 Å². The van der Waals surface area contributed by atoms with Gasteiger partial charge < -0.3 is 14.2 Å². The van der Waals surface area contributed by atoms with Crippen molar-refractivity contribution in [3.63, 3.8) is 0 Å². The fraction of sp³-hybridized carbons (Fsp3) is 0.500. The molecule has 0 spiro atoms. The third kappa shape index (κ3) is 4.29. The van der Waals surface area contributed by atoms with Gasteiger partial charge in [0.05, 0.1) is 7.11 Å². The molecular weight excluding hydrogens is 272 g/mol. The fourth-order valence-electron chi connectivity index (χ4n) is 2.43. The number of rotatable bonds is 5. The smallest absolute Gasteiger partial charge is 0.302 e. The summed E-state index contributed by atoms with van der Waals surface area (Å²) in [5.74, 6) is 0.340. The Morgan fingerprint density at radius 2 is 2.00 bits per heavy atom. The number of ketones is 1. The largest absolute Gasteiger partial charge is 0.497 e. The van der Waals surface area contributed by atoms with Crippen molar-refractivity contribution in [1.29, 1.82) is 0 Å². The van der Waals surface area contributed by atoms with E-state index in [0.29, 0.717) is 17.9 Å². The highest BCUT2D eigenvalue weighted by atomic mass is 16.6. The molecule has 0 aliphatic carbocycles. The first kappa shape index (κ1) is 15.5. The number of carbonyl (C=O) groups is 2. The molecule has 0 amide bonds. The molecule has 1 fully saturated rings. The van der Waals surface area contributed by atoms with Crippen LogP contribution in [0.1, 0.15) is 36.5 Å². The minimum absolute atomic E-state index is 0.0262. The molecule has 0 bridgehead atoms. The Kier molecular flexibility index (Phi) is 5.33. The molecule has 1 heterocycles. The SMILES string of the molecule is COc1ccc(C(=O)C[C@@H]2OCCC[C@H]2OC(C)=O)cc1. The van der Waals surface area contributed by atoms with Crippen molar-refractivity contribution in [3.8, 4) is 5.75 Å². The summed E-state index contributed by atoms with van der Waals surface area (Å²) < 4.78 is 15.9. The van der Waals surface area contributed by atoms with Gasteiger partial charge in [0, 0.05) is 25.5 Å². The van der Waals surface area contributed by atoms with Gasteiger partial charge in [0.2, 0.25) is 0 Å². The number of esters is 1. The van der Waals surface area contributed by atoms with E-state index in [9.17, 15) is 9.59 Å². The number of carbonyl (C=O) groups excluding carboxylic acids is 2. The molecule has 1 aliphatic heterocycles. The summed E-state index contributed by atoms with van der Waals surface area (Å²) in [4.78, 5) is 23.4. The Balaban J connectivity index is 2.00. The topological polar surface area (TPSA) is 61.8 Å². The first-order valence-corrected chi connectivity index (χ1v) is 7.06. The molecule has 5 heteroatoms. The Labute approximate surface area is 124 Å². The monoisotopic (exact) mass is 292 g/mol. The molecule has 1 aromatic rings. The van der Waals surface area contributed by atoms with Gasteiger partial charge in [-0.2, -0.15) is 0 Å². The average molecular weight is 292 g/mol. The van der Waals surface area contributed by atoms with Crippen LogP contribution in [-0.2, 0) is 14.3 Å². The second-order valence-corrected chi connectivity index (χ2v) is 5.06. The standard InChI is InChI=1S/C16H20O5/c1-11(17)21-15-4-3-9-20-16(15)10-14(18)12-5-7-13(19-2)8-6-12/h5-8,15-16H,3-4,9-10H2,1-2H3/t15-,16+/m1/s1. The molecule has 5 nitrogen and oxygen atoms in total. The van der Waals surface area contributed by atoms with E-state index in [1.165, 1.54) is 6.92 Å². The van der Waals surface area contributed by atoms with Gasteiger partial charge in [-0.1, -0.05) is 0 Å². The van der Waals surface area contributed by atoms with Crippen molar-refractivity contribution in [2.45, 2.75) is 38.4 Å². The van der Waals surface area contributed by atoms with Gasteiger partial charge >= 0.3 is 5.97 Å².